The Morgan fingerprint density at radius 2 is 1.88 bits per heavy atom. The molecule has 2 atom stereocenters. The van der Waals surface area contributed by atoms with Crippen LogP contribution in [0.25, 0.3) is 0 Å². The normalized spacial score (nSPS) is 25.7. The third-order valence-electron chi connectivity index (χ3n) is 5.13. The second-order valence-electron chi connectivity index (χ2n) is 7.05. The first-order chi connectivity index (χ1) is 11.7. The minimum Gasteiger partial charge on any atom is -0.481 e. The van der Waals surface area contributed by atoms with E-state index >= 15 is 0 Å². The van der Waals surface area contributed by atoms with Crippen LogP contribution in [0.5, 0.6) is 0 Å². The number of carbonyl (C=O) groups is 2. The minimum atomic E-state index is -0.719. The zero-order valence-corrected chi connectivity index (χ0v) is 15.3. The Hall–Kier alpha value is -1.03. The highest BCUT2D eigenvalue weighted by molar-refractivity contribution is 7.99. The van der Waals surface area contributed by atoms with E-state index in [2.05, 4.69) is 18.2 Å². The molecule has 4 heteroatoms. The molecule has 2 aliphatic rings. The molecule has 24 heavy (non-hydrogen) atoms. The summed E-state index contributed by atoms with van der Waals surface area (Å²) in [4.78, 5) is 22.8. The van der Waals surface area contributed by atoms with Crippen molar-refractivity contribution in [2.24, 2.45) is 17.8 Å². The quantitative estimate of drug-likeness (QED) is 0.366. The summed E-state index contributed by atoms with van der Waals surface area (Å²) in [7, 11) is 0. The first-order valence-electron chi connectivity index (χ1n) is 9.33. The number of hydrogen-bond acceptors (Lipinski definition) is 3. The van der Waals surface area contributed by atoms with Crippen LogP contribution in [-0.2, 0) is 9.59 Å². The van der Waals surface area contributed by atoms with Crippen LogP contribution >= 0.6 is 11.8 Å². The van der Waals surface area contributed by atoms with Crippen LogP contribution in [0.15, 0.2) is 24.3 Å². The first kappa shape index (κ1) is 19.3. The Labute approximate surface area is 150 Å². The molecule has 0 radical (unpaired) electrons. The van der Waals surface area contributed by atoms with E-state index in [9.17, 15) is 9.59 Å². The second-order valence-corrected chi connectivity index (χ2v) is 8.13. The molecule has 2 rings (SSSR count). The molecule has 1 saturated heterocycles. The topological polar surface area (TPSA) is 54.4 Å². The van der Waals surface area contributed by atoms with Gasteiger partial charge in [-0.3, -0.25) is 9.59 Å². The number of ketones is 1. The predicted octanol–water partition coefficient (Wildman–Crippen LogP) is 4.87. The highest BCUT2D eigenvalue weighted by Crippen LogP contribution is 2.34. The van der Waals surface area contributed by atoms with Crippen molar-refractivity contribution < 1.29 is 14.7 Å². The third-order valence-corrected chi connectivity index (χ3v) is 6.41. The number of thioether (sulfide) groups is 1. The van der Waals surface area contributed by atoms with E-state index in [-0.39, 0.29) is 12.3 Å². The monoisotopic (exact) mass is 350 g/mol. The molecular formula is C20H30O3S. The van der Waals surface area contributed by atoms with Crippen LogP contribution in [0.4, 0.5) is 0 Å². The van der Waals surface area contributed by atoms with E-state index in [1.165, 1.54) is 19.3 Å². The number of aliphatic carboxylic acids is 1. The van der Waals surface area contributed by atoms with Crippen molar-refractivity contribution in [3.63, 3.8) is 0 Å². The Morgan fingerprint density at radius 3 is 2.62 bits per heavy atom. The molecule has 134 valence electrons. The van der Waals surface area contributed by atoms with Gasteiger partial charge in [0.2, 0.25) is 0 Å². The van der Waals surface area contributed by atoms with Crippen molar-refractivity contribution in [2.75, 3.05) is 11.5 Å². The second kappa shape index (κ2) is 10.8. The molecule has 0 aromatic carbocycles. The van der Waals surface area contributed by atoms with Gasteiger partial charge in [0.1, 0.15) is 0 Å². The number of carboxylic acids is 1. The van der Waals surface area contributed by atoms with Crippen molar-refractivity contribution in [3.05, 3.63) is 24.3 Å². The molecule has 1 heterocycles. The van der Waals surface area contributed by atoms with E-state index in [0.717, 1.165) is 37.2 Å². The molecule has 1 aliphatic heterocycles. The van der Waals surface area contributed by atoms with Crippen molar-refractivity contribution in [3.8, 4) is 0 Å². The third kappa shape index (κ3) is 6.84. The Kier molecular flexibility index (Phi) is 8.65. The molecule has 0 spiro atoms. The number of allylic oxidation sites excluding steroid dienone is 4. The highest BCUT2D eigenvalue weighted by atomic mass is 32.2. The molecule has 2 fully saturated rings. The zero-order valence-electron chi connectivity index (χ0n) is 14.5. The first-order valence-corrected chi connectivity index (χ1v) is 10.5. The minimum absolute atomic E-state index is 0.248. The van der Waals surface area contributed by atoms with Gasteiger partial charge in [0, 0.05) is 12.3 Å². The van der Waals surface area contributed by atoms with Gasteiger partial charge in [-0.1, -0.05) is 37.5 Å². The van der Waals surface area contributed by atoms with Crippen LogP contribution in [0.2, 0.25) is 0 Å². The lowest BCUT2D eigenvalue weighted by Crippen LogP contribution is -2.16. The number of unbranched alkanes of at least 4 members (excludes halogenated alkanes) is 1. The van der Waals surface area contributed by atoms with Crippen LogP contribution in [-0.4, -0.2) is 28.4 Å². The lowest BCUT2D eigenvalue weighted by molar-refractivity contribution is -0.137. The van der Waals surface area contributed by atoms with Gasteiger partial charge in [0.05, 0.1) is 0 Å². The number of rotatable bonds is 9. The van der Waals surface area contributed by atoms with Crippen LogP contribution in [0, 0.1) is 17.8 Å². The fourth-order valence-electron chi connectivity index (χ4n) is 3.57. The van der Waals surface area contributed by atoms with Crippen LogP contribution in [0.3, 0.4) is 0 Å². The molecular weight excluding hydrogens is 320 g/mol. The average Bonchev–Trinajstić information content (AvgIpc) is 3.03. The molecule has 0 bridgehead atoms. The summed E-state index contributed by atoms with van der Waals surface area (Å²) in [6, 6.07) is 0. The number of carboxylic acid groups (broad SMARTS) is 1. The molecule has 3 nitrogen and oxygen atoms in total. The summed E-state index contributed by atoms with van der Waals surface area (Å²) in [5.74, 6) is 3.29. The van der Waals surface area contributed by atoms with Gasteiger partial charge in [0.25, 0.3) is 0 Å². The lowest BCUT2D eigenvalue weighted by Gasteiger charge is -2.19. The zero-order chi connectivity index (χ0) is 17.2. The molecule has 1 saturated carbocycles. The largest absolute Gasteiger partial charge is 0.481 e. The molecule has 0 unspecified atom stereocenters. The molecule has 1 N–H and O–H groups in total. The van der Waals surface area contributed by atoms with Crippen molar-refractivity contribution in [2.45, 2.75) is 57.8 Å². The summed E-state index contributed by atoms with van der Waals surface area (Å²) >= 11 is 1.98. The summed E-state index contributed by atoms with van der Waals surface area (Å²) in [6.07, 6.45) is 17.0. The van der Waals surface area contributed by atoms with Gasteiger partial charge in [-0.05, 0) is 61.5 Å². The van der Waals surface area contributed by atoms with Gasteiger partial charge in [-0.15, -0.1) is 0 Å². The van der Waals surface area contributed by atoms with Crippen molar-refractivity contribution in [1.82, 2.24) is 0 Å². The highest BCUT2D eigenvalue weighted by Gasteiger charge is 2.25. The Bertz CT molecular complexity index is 464. The maximum Gasteiger partial charge on any atom is 0.303 e. The smallest absolute Gasteiger partial charge is 0.303 e. The maximum absolute atomic E-state index is 12.3. The van der Waals surface area contributed by atoms with Crippen molar-refractivity contribution in [1.29, 1.82) is 0 Å². The van der Waals surface area contributed by atoms with Gasteiger partial charge in [0.15, 0.2) is 5.78 Å². The summed E-state index contributed by atoms with van der Waals surface area (Å²) in [5, 5.41) is 8.61. The van der Waals surface area contributed by atoms with Crippen LogP contribution in [0.1, 0.15) is 57.8 Å². The number of hydrogen-bond donors (Lipinski definition) is 1. The average molecular weight is 351 g/mol. The van der Waals surface area contributed by atoms with E-state index < -0.39 is 5.97 Å². The van der Waals surface area contributed by atoms with E-state index in [4.69, 9.17) is 5.11 Å². The fraction of sp³-hybridized carbons (Fsp3) is 0.700. The number of carbonyl (C=O) groups excluding carboxylic acids is 1. The van der Waals surface area contributed by atoms with E-state index in [0.29, 0.717) is 24.0 Å². The molecule has 0 amide bonds. The van der Waals surface area contributed by atoms with Gasteiger partial charge >= 0.3 is 5.97 Å². The lowest BCUT2D eigenvalue weighted by atomic mass is 9.85. The summed E-state index contributed by atoms with van der Waals surface area (Å²) < 4.78 is 0. The van der Waals surface area contributed by atoms with E-state index in [1.54, 1.807) is 0 Å². The molecule has 0 aromatic rings. The fourth-order valence-corrected chi connectivity index (χ4v) is 5.05. The van der Waals surface area contributed by atoms with Gasteiger partial charge < -0.3 is 5.11 Å². The summed E-state index contributed by atoms with van der Waals surface area (Å²) in [5.41, 5.74) is 0. The predicted molar refractivity (Wildman–Crippen MR) is 100 cm³/mol. The summed E-state index contributed by atoms with van der Waals surface area (Å²) in [6.45, 7) is 0. The van der Waals surface area contributed by atoms with E-state index in [1.807, 2.05) is 17.8 Å². The van der Waals surface area contributed by atoms with Gasteiger partial charge in [-0.2, -0.15) is 11.8 Å². The standard InChI is InChI=1S/C20H30O3S/c21-19(16-8-5-3-6-9-16)13-12-18-15-24-14-17(18)10-4-1-2-7-11-20(22)23/h1,4,12-13,16-18H,2-3,5-11,14-15H2,(H,22,23)/b4-1-,13-12+/t17-,18+/m0/s1. The Balaban J connectivity index is 1.71. The molecule has 1 aliphatic carbocycles. The van der Waals surface area contributed by atoms with Crippen LogP contribution < -0.4 is 0 Å². The van der Waals surface area contributed by atoms with Gasteiger partial charge in [-0.25, -0.2) is 0 Å². The SMILES string of the molecule is O=C(O)CCC/C=C\C[C@H]1CSC[C@H]1/C=C/C(=O)C1CCCCC1. The van der Waals surface area contributed by atoms with Crippen molar-refractivity contribution >= 4 is 23.5 Å². The molecule has 0 aromatic heterocycles. The Morgan fingerprint density at radius 1 is 1.08 bits per heavy atom. The maximum atomic E-state index is 12.3.